The Morgan fingerprint density at radius 1 is 1.24 bits per heavy atom. The van der Waals surface area contributed by atoms with Crippen LogP contribution >= 0.6 is 11.6 Å². The van der Waals surface area contributed by atoms with Gasteiger partial charge in [-0.1, -0.05) is 17.7 Å². The first kappa shape index (κ1) is 11.7. The molecule has 1 aromatic carbocycles. The van der Waals surface area contributed by atoms with E-state index in [1.54, 1.807) is 0 Å². The van der Waals surface area contributed by atoms with E-state index in [-0.39, 0.29) is 12.2 Å². The van der Waals surface area contributed by atoms with E-state index in [0.717, 1.165) is 22.6 Å². The van der Waals surface area contributed by atoms with Crippen LogP contribution < -0.4 is 4.90 Å². The summed E-state index contributed by atoms with van der Waals surface area (Å²) in [5.41, 5.74) is 0.292. The second-order valence-electron chi connectivity index (χ2n) is 3.36. The molecule has 0 bridgehead atoms. The van der Waals surface area contributed by atoms with Gasteiger partial charge in [-0.3, -0.25) is 14.5 Å². The average molecular weight is 258 g/mol. The molecule has 1 heterocycles. The number of anilines is 1. The van der Waals surface area contributed by atoms with Crippen LogP contribution in [0.4, 0.5) is 14.5 Å². The SMILES string of the molecule is O=C1C(=O)N(C/C=C/Cl)c2c(F)ccc(F)c21. The van der Waals surface area contributed by atoms with E-state index >= 15 is 0 Å². The molecular formula is C11H6ClF2NO2. The molecule has 1 aromatic rings. The maximum absolute atomic E-state index is 13.5. The Morgan fingerprint density at radius 3 is 2.53 bits per heavy atom. The number of rotatable bonds is 2. The highest BCUT2D eigenvalue weighted by atomic mass is 35.5. The van der Waals surface area contributed by atoms with Crippen molar-refractivity contribution in [3.63, 3.8) is 0 Å². The van der Waals surface area contributed by atoms with Crippen molar-refractivity contribution < 1.29 is 18.4 Å². The van der Waals surface area contributed by atoms with Crippen LogP contribution in [0.2, 0.25) is 0 Å². The molecule has 0 aliphatic carbocycles. The lowest BCUT2D eigenvalue weighted by Crippen LogP contribution is -2.30. The van der Waals surface area contributed by atoms with Crippen molar-refractivity contribution >= 4 is 29.0 Å². The van der Waals surface area contributed by atoms with Crippen LogP contribution in [0, 0.1) is 11.6 Å². The van der Waals surface area contributed by atoms with Crippen LogP contribution in [-0.2, 0) is 4.79 Å². The third-order valence-electron chi connectivity index (χ3n) is 2.39. The first-order valence-corrected chi connectivity index (χ1v) is 5.11. The molecule has 88 valence electrons. The fraction of sp³-hybridized carbons (Fsp3) is 0.0909. The summed E-state index contributed by atoms with van der Waals surface area (Å²) < 4.78 is 26.9. The van der Waals surface area contributed by atoms with Crippen LogP contribution in [0.1, 0.15) is 10.4 Å². The van der Waals surface area contributed by atoms with Gasteiger partial charge in [-0.15, -0.1) is 0 Å². The largest absolute Gasteiger partial charge is 0.299 e. The summed E-state index contributed by atoms with van der Waals surface area (Å²) >= 11 is 5.29. The number of amides is 1. The van der Waals surface area contributed by atoms with E-state index in [1.165, 1.54) is 6.08 Å². The van der Waals surface area contributed by atoms with E-state index in [4.69, 9.17) is 11.6 Å². The van der Waals surface area contributed by atoms with E-state index in [2.05, 4.69) is 0 Å². The van der Waals surface area contributed by atoms with Gasteiger partial charge in [-0.25, -0.2) is 8.78 Å². The van der Waals surface area contributed by atoms with Gasteiger partial charge < -0.3 is 0 Å². The van der Waals surface area contributed by atoms with Crippen molar-refractivity contribution in [1.82, 2.24) is 0 Å². The molecule has 2 rings (SSSR count). The third-order valence-corrected chi connectivity index (χ3v) is 2.57. The van der Waals surface area contributed by atoms with Gasteiger partial charge in [0.1, 0.15) is 11.6 Å². The summed E-state index contributed by atoms with van der Waals surface area (Å²) in [6.07, 6.45) is 1.35. The quantitative estimate of drug-likeness (QED) is 0.762. The summed E-state index contributed by atoms with van der Waals surface area (Å²) in [5.74, 6) is -3.72. The fourth-order valence-electron chi connectivity index (χ4n) is 1.67. The fourth-order valence-corrected chi connectivity index (χ4v) is 1.75. The first-order valence-electron chi connectivity index (χ1n) is 4.67. The van der Waals surface area contributed by atoms with Crippen LogP contribution in [-0.4, -0.2) is 18.2 Å². The van der Waals surface area contributed by atoms with E-state index < -0.39 is 28.9 Å². The number of Topliss-reactive ketones (excluding diaryl/α,β-unsaturated/α-hetero) is 1. The Balaban J connectivity index is 2.59. The monoisotopic (exact) mass is 257 g/mol. The van der Waals surface area contributed by atoms with Gasteiger partial charge >= 0.3 is 0 Å². The number of carbonyl (C=O) groups is 2. The minimum atomic E-state index is -1.04. The zero-order valence-corrected chi connectivity index (χ0v) is 9.17. The molecular weight excluding hydrogens is 252 g/mol. The summed E-state index contributed by atoms with van der Waals surface area (Å²) in [6, 6.07) is 1.69. The Labute approximate surface area is 100 Å². The number of nitrogens with zero attached hydrogens (tertiary/aromatic N) is 1. The van der Waals surface area contributed by atoms with Crippen molar-refractivity contribution in [3.05, 3.63) is 40.9 Å². The van der Waals surface area contributed by atoms with Gasteiger partial charge in [0.2, 0.25) is 0 Å². The molecule has 6 heteroatoms. The topological polar surface area (TPSA) is 37.4 Å². The minimum absolute atomic E-state index is 0.0819. The molecule has 1 aliphatic heterocycles. The molecule has 1 amide bonds. The van der Waals surface area contributed by atoms with Gasteiger partial charge in [0, 0.05) is 12.1 Å². The molecule has 0 saturated heterocycles. The first-order chi connectivity index (χ1) is 8.07. The van der Waals surface area contributed by atoms with Crippen molar-refractivity contribution in [1.29, 1.82) is 0 Å². The maximum atomic E-state index is 13.5. The molecule has 0 radical (unpaired) electrons. The molecule has 0 N–H and O–H groups in total. The van der Waals surface area contributed by atoms with Crippen LogP contribution in [0.15, 0.2) is 23.7 Å². The highest BCUT2D eigenvalue weighted by Gasteiger charge is 2.39. The van der Waals surface area contributed by atoms with E-state index in [0.29, 0.717) is 0 Å². The lowest BCUT2D eigenvalue weighted by Gasteiger charge is -2.14. The number of carbonyl (C=O) groups excluding carboxylic acids is 2. The Kier molecular flexibility index (Phi) is 2.93. The molecule has 3 nitrogen and oxygen atoms in total. The van der Waals surface area contributed by atoms with Crippen molar-refractivity contribution in [2.24, 2.45) is 0 Å². The zero-order chi connectivity index (χ0) is 12.6. The zero-order valence-electron chi connectivity index (χ0n) is 8.41. The second-order valence-corrected chi connectivity index (χ2v) is 3.61. The second kappa shape index (κ2) is 4.25. The van der Waals surface area contributed by atoms with E-state index in [1.807, 2.05) is 0 Å². The highest BCUT2D eigenvalue weighted by molar-refractivity contribution is 6.52. The molecule has 0 spiro atoms. The number of ketones is 1. The van der Waals surface area contributed by atoms with Gasteiger partial charge in [0.25, 0.3) is 11.7 Å². The number of fused-ring (bicyclic) bond motifs is 1. The molecule has 0 aromatic heterocycles. The smallest absolute Gasteiger partial charge is 0.298 e. The summed E-state index contributed by atoms with van der Waals surface area (Å²) in [4.78, 5) is 23.9. The maximum Gasteiger partial charge on any atom is 0.299 e. The number of hydrogen-bond donors (Lipinski definition) is 0. The predicted molar refractivity (Wildman–Crippen MR) is 58.0 cm³/mol. The highest BCUT2D eigenvalue weighted by Crippen LogP contribution is 2.33. The molecule has 0 fully saturated rings. The summed E-state index contributed by atoms with van der Waals surface area (Å²) in [7, 11) is 0. The Hall–Kier alpha value is -1.75. The van der Waals surface area contributed by atoms with Gasteiger partial charge in [-0.2, -0.15) is 0 Å². The minimum Gasteiger partial charge on any atom is -0.298 e. The van der Waals surface area contributed by atoms with Crippen molar-refractivity contribution in [2.45, 2.75) is 0 Å². The predicted octanol–water partition coefficient (Wildman–Crippen LogP) is 2.25. The van der Waals surface area contributed by atoms with Crippen LogP contribution in [0.3, 0.4) is 0 Å². The normalized spacial score (nSPS) is 14.9. The average Bonchev–Trinajstić information content (AvgIpc) is 2.56. The summed E-state index contributed by atoms with van der Waals surface area (Å²) in [6.45, 7) is -0.0819. The Bertz CT molecular complexity index is 543. The number of hydrogen-bond acceptors (Lipinski definition) is 2. The van der Waals surface area contributed by atoms with Gasteiger partial charge in [0.05, 0.1) is 11.3 Å². The van der Waals surface area contributed by atoms with Crippen molar-refractivity contribution in [2.75, 3.05) is 11.4 Å². The lowest BCUT2D eigenvalue weighted by atomic mass is 10.1. The standard InChI is InChI=1S/C11H6ClF2NO2/c12-4-1-5-15-9-7(14)3-2-6(13)8(9)10(16)11(15)17/h1-4H,5H2/b4-1+. The number of halogens is 3. The van der Waals surface area contributed by atoms with Crippen LogP contribution in [0.25, 0.3) is 0 Å². The Morgan fingerprint density at radius 2 is 1.88 bits per heavy atom. The molecule has 0 unspecified atom stereocenters. The van der Waals surface area contributed by atoms with Crippen molar-refractivity contribution in [3.8, 4) is 0 Å². The summed E-state index contributed by atoms with van der Waals surface area (Å²) in [5, 5.41) is 0. The molecule has 1 aliphatic rings. The molecule has 0 saturated carbocycles. The number of benzene rings is 1. The molecule has 0 atom stereocenters. The van der Waals surface area contributed by atoms with Gasteiger partial charge in [0.15, 0.2) is 0 Å². The van der Waals surface area contributed by atoms with E-state index in [9.17, 15) is 18.4 Å². The van der Waals surface area contributed by atoms with Crippen LogP contribution in [0.5, 0.6) is 0 Å². The van der Waals surface area contributed by atoms with Gasteiger partial charge in [-0.05, 0) is 12.1 Å². The molecule has 17 heavy (non-hydrogen) atoms. The third kappa shape index (κ3) is 1.72. The lowest BCUT2D eigenvalue weighted by molar-refractivity contribution is -0.114.